The Labute approximate surface area is 182 Å². The first-order valence-corrected chi connectivity index (χ1v) is 10.6. The van der Waals surface area contributed by atoms with E-state index in [1.54, 1.807) is 24.3 Å². The van der Waals surface area contributed by atoms with Gasteiger partial charge in [-0.3, -0.25) is 9.59 Å². The van der Waals surface area contributed by atoms with E-state index in [0.717, 1.165) is 10.2 Å². The molecular weight excluding hydrogens is 426 g/mol. The number of nitrogens with zero attached hydrogens (tertiary/aromatic N) is 2. The minimum Gasteiger partial charge on any atom is -0.484 e. The molecule has 0 unspecified atom stereocenters. The van der Waals surface area contributed by atoms with Crippen molar-refractivity contribution in [3.8, 4) is 5.75 Å². The second-order valence-corrected chi connectivity index (χ2v) is 7.79. The van der Waals surface area contributed by atoms with Crippen LogP contribution < -0.4 is 14.9 Å². The maximum Gasteiger partial charge on any atom is 0.286 e. The highest BCUT2D eigenvalue weighted by Crippen LogP contribution is 2.22. The van der Waals surface area contributed by atoms with Crippen LogP contribution in [-0.4, -0.2) is 36.2 Å². The molecular formula is C21H22ClN3O4S. The minimum atomic E-state index is -0.399. The summed E-state index contributed by atoms with van der Waals surface area (Å²) in [5.74, 6) is 0.00165. The normalized spacial score (nSPS) is 11.6. The molecule has 0 aliphatic rings. The van der Waals surface area contributed by atoms with Gasteiger partial charge >= 0.3 is 0 Å². The first-order chi connectivity index (χ1) is 14.5. The van der Waals surface area contributed by atoms with E-state index in [4.69, 9.17) is 21.1 Å². The van der Waals surface area contributed by atoms with Gasteiger partial charge < -0.3 is 19.4 Å². The predicted octanol–water partition coefficient (Wildman–Crippen LogP) is 3.86. The van der Waals surface area contributed by atoms with Gasteiger partial charge in [0.15, 0.2) is 11.4 Å². The molecule has 0 aliphatic heterocycles. The van der Waals surface area contributed by atoms with E-state index in [1.807, 2.05) is 29.7 Å². The van der Waals surface area contributed by atoms with Gasteiger partial charge in [-0.2, -0.15) is 4.99 Å². The topological polar surface area (TPSA) is 81.9 Å². The quantitative estimate of drug-likeness (QED) is 0.531. The highest BCUT2D eigenvalue weighted by atomic mass is 35.5. The fraction of sp³-hybridized carbons (Fsp3) is 0.286. The minimum absolute atomic E-state index is 0.144. The molecule has 2 amide bonds. The maximum atomic E-state index is 12.4. The number of thiazole rings is 1. The van der Waals surface area contributed by atoms with Crippen molar-refractivity contribution < 1.29 is 19.1 Å². The van der Waals surface area contributed by atoms with Gasteiger partial charge in [-0.15, -0.1) is 0 Å². The highest BCUT2D eigenvalue weighted by Gasteiger charge is 2.10. The van der Waals surface area contributed by atoms with E-state index >= 15 is 0 Å². The third-order valence-electron chi connectivity index (χ3n) is 4.06. The van der Waals surface area contributed by atoms with Crippen molar-refractivity contribution in [1.29, 1.82) is 0 Å². The van der Waals surface area contributed by atoms with Gasteiger partial charge in [0.2, 0.25) is 5.91 Å². The van der Waals surface area contributed by atoms with E-state index in [1.165, 1.54) is 18.3 Å². The summed E-state index contributed by atoms with van der Waals surface area (Å²) in [7, 11) is 0. The zero-order chi connectivity index (χ0) is 21.5. The predicted molar refractivity (Wildman–Crippen MR) is 118 cm³/mol. The molecule has 1 aromatic heterocycles. The van der Waals surface area contributed by atoms with Crippen LogP contribution in [0.2, 0.25) is 5.02 Å². The van der Waals surface area contributed by atoms with Gasteiger partial charge in [0.25, 0.3) is 5.91 Å². The summed E-state index contributed by atoms with van der Waals surface area (Å²) in [5, 5.41) is 3.36. The van der Waals surface area contributed by atoms with E-state index < -0.39 is 5.91 Å². The summed E-state index contributed by atoms with van der Waals surface area (Å²) >= 11 is 7.22. The second kappa shape index (κ2) is 10.4. The molecule has 0 saturated heterocycles. The van der Waals surface area contributed by atoms with Crippen molar-refractivity contribution >= 4 is 50.7 Å². The van der Waals surface area contributed by atoms with Crippen LogP contribution in [0.1, 0.15) is 13.8 Å². The zero-order valence-corrected chi connectivity index (χ0v) is 18.3. The summed E-state index contributed by atoms with van der Waals surface area (Å²) in [4.78, 5) is 28.5. The number of rotatable bonds is 8. The van der Waals surface area contributed by atoms with E-state index in [2.05, 4.69) is 10.3 Å². The Morgan fingerprint density at radius 2 is 1.97 bits per heavy atom. The number of carbonyl (C=O) groups is 2. The lowest BCUT2D eigenvalue weighted by atomic mass is 10.3. The molecule has 0 spiro atoms. The Balaban J connectivity index is 1.86. The Morgan fingerprint density at radius 1 is 1.20 bits per heavy atom. The number of hydrogen-bond acceptors (Lipinski definition) is 5. The Bertz CT molecular complexity index is 1110. The molecule has 30 heavy (non-hydrogen) atoms. The third-order valence-corrected chi connectivity index (χ3v) is 5.36. The van der Waals surface area contributed by atoms with Gasteiger partial charge in [-0.1, -0.05) is 22.9 Å². The molecule has 7 nitrogen and oxygen atoms in total. The van der Waals surface area contributed by atoms with Crippen molar-refractivity contribution in [2.75, 3.05) is 25.1 Å². The van der Waals surface area contributed by atoms with Crippen LogP contribution in [-0.2, 0) is 20.9 Å². The number of aromatic nitrogens is 1. The summed E-state index contributed by atoms with van der Waals surface area (Å²) in [6.07, 6.45) is 0. The lowest BCUT2D eigenvalue weighted by Crippen LogP contribution is -2.21. The SMILES string of the molecule is CCOCCn1c(=NC(=O)COc2ccc(Cl)cc2)sc2cc(NC(C)=O)ccc21. The number of anilines is 1. The Kier molecular flexibility index (Phi) is 7.62. The monoisotopic (exact) mass is 447 g/mol. The van der Waals surface area contributed by atoms with Crippen molar-refractivity contribution in [1.82, 2.24) is 4.57 Å². The largest absolute Gasteiger partial charge is 0.484 e. The molecule has 158 valence electrons. The smallest absolute Gasteiger partial charge is 0.286 e. The lowest BCUT2D eigenvalue weighted by molar-refractivity contribution is -0.120. The number of halogens is 1. The summed E-state index contributed by atoms with van der Waals surface area (Å²) in [5.41, 5.74) is 1.61. The average Bonchev–Trinajstić information content (AvgIpc) is 3.03. The van der Waals surface area contributed by atoms with E-state index in [-0.39, 0.29) is 12.5 Å². The third kappa shape index (κ3) is 5.91. The van der Waals surface area contributed by atoms with Gasteiger partial charge in [0.05, 0.1) is 16.8 Å². The van der Waals surface area contributed by atoms with Crippen LogP contribution in [0, 0.1) is 0 Å². The molecule has 3 aromatic rings. The van der Waals surface area contributed by atoms with Crippen molar-refractivity contribution in [3.63, 3.8) is 0 Å². The average molecular weight is 448 g/mol. The zero-order valence-electron chi connectivity index (χ0n) is 16.7. The number of carbonyl (C=O) groups excluding carboxylic acids is 2. The molecule has 0 radical (unpaired) electrons. The van der Waals surface area contributed by atoms with Gasteiger partial charge in [0.1, 0.15) is 5.75 Å². The van der Waals surface area contributed by atoms with Crippen LogP contribution >= 0.6 is 22.9 Å². The van der Waals surface area contributed by atoms with E-state index in [9.17, 15) is 9.59 Å². The van der Waals surface area contributed by atoms with Crippen LogP contribution in [0.15, 0.2) is 47.5 Å². The number of amides is 2. The maximum absolute atomic E-state index is 12.4. The fourth-order valence-electron chi connectivity index (χ4n) is 2.77. The number of nitrogens with one attached hydrogen (secondary N) is 1. The molecule has 2 aromatic carbocycles. The molecule has 1 N–H and O–H groups in total. The van der Waals surface area contributed by atoms with Crippen molar-refractivity contribution in [3.05, 3.63) is 52.3 Å². The number of benzene rings is 2. The molecule has 3 rings (SSSR count). The van der Waals surface area contributed by atoms with Crippen LogP contribution in [0.4, 0.5) is 5.69 Å². The van der Waals surface area contributed by atoms with E-state index in [0.29, 0.717) is 41.0 Å². The second-order valence-electron chi connectivity index (χ2n) is 6.35. The molecule has 9 heteroatoms. The van der Waals surface area contributed by atoms with Crippen molar-refractivity contribution in [2.45, 2.75) is 20.4 Å². The molecule has 0 atom stereocenters. The summed E-state index contributed by atoms with van der Waals surface area (Å²) in [6, 6.07) is 12.4. The molecule has 0 fully saturated rings. The Morgan fingerprint density at radius 3 is 2.67 bits per heavy atom. The fourth-order valence-corrected chi connectivity index (χ4v) is 4.01. The first kappa shape index (κ1) is 22.0. The first-order valence-electron chi connectivity index (χ1n) is 9.41. The molecule has 0 bridgehead atoms. The van der Waals surface area contributed by atoms with Crippen LogP contribution in [0.25, 0.3) is 10.2 Å². The standard InChI is InChI=1S/C21H22ClN3O4S/c1-3-28-11-10-25-18-9-6-16(23-14(2)26)12-19(18)30-21(25)24-20(27)13-29-17-7-4-15(22)5-8-17/h4-9,12H,3,10-11,13H2,1-2H3,(H,23,26). The van der Waals surface area contributed by atoms with Gasteiger partial charge in [0, 0.05) is 30.8 Å². The van der Waals surface area contributed by atoms with Gasteiger partial charge in [-0.25, -0.2) is 0 Å². The molecule has 0 saturated carbocycles. The van der Waals surface area contributed by atoms with Crippen molar-refractivity contribution in [2.24, 2.45) is 4.99 Å². The highest BCUT2D eigenvalue weighted by molar-refractivity contribution is 7.16. The number of fused-ring (bicyclic) bond motifs is 1. The summed E-state index contributed by atoms with van der Waals surface area (Å²) < 4.78 is 13.8. The van der Waals surface area contributed by atoms with Gasteiger partial charge in [-0.05, 0) is 49.4 Å². The molecule has 0 aliphatic carbocycles. The lowest BCUT2D eigenvalue weighted by Gasteiger charge is -2.07. The number of ether oxygens (including phenoxy) is 2. The molecule has 1 heterocycles. The number of hydrogen-bond donors (Lipinski definition) is 1. The summed E-state index contributed by atoms with van der Waals surface area (Å²) in [6.45, 7) is 4.87. The van der Waals surface area contributed by atoms with Crippen LogP contribution in [0.3, 0.4) is 0 Å². The van der Waals surface area contributed by atoms with Crippen LogP contribution in [0.5, 0.6) is 5.75 Å². The Hall–Kier alpha value is -2.68.